The van der Waals surface area contributed by atoms with Gasteiger partial charge in [0.05, 0.1) is 12.8 Å². The molecule has 1 N–H and O–H groups in total. The topological polar surface area (TPSA) is 59.9 Å². The van der Waals surface area contributed by atoms with Gasteiger partial charge in [-0.3, -0.25) is 4.79 Å². The van der Waals surface area contributed by atoms with Crippen molar-refractivity contribution >= 4 is 39.4 Å². The summed E-state index contributed by atoms with van der Waals surface area (Å²) < 4.78 is 11.9. The van der Waals surface area contributed by atoms with Gasteiger partial charge in [-0.2, -0.15) is 5.10 Å². The molecule has 0 unspecified atom stereocenters. The van der Waals surface area contributed by atoms with Crippen LogP contribution in [0.2, 0.25) is 0 Å². The Kier molecular flexibility index (Phi) is 6.42. The summed E-state index contributed by atoms with van der Waals surface area (Å²) >= 11 is 4.88. The van der Waals surface area contributed by atoms with Crippen molar-refractivity contribution < 1.29 is 14.3 Å². The number of halogens is 1. The molecule has 1 aromatic heterocycles. The number of benzene rings is 1. The van der Waals surface area contributed by atoms with Crippen LogP contribution in [0.5, 0.6) is 11.5 Å². The summed E-state index contributed by atoms with van der Waals surface area (Å²) in [6.45, 7) is 2.30. The van der Waals surface area contributed by atoms with Crippen molar-refractivity contribution in [2.45, 2.75) is 6.92 Å². The Labute approximate surface area is 141 Å². The summed E-state index contributed by atoms with van der Waals surface area (Å²) in [5.74, 6) is 0.813. The third-order valence-electron chi connectivity index (χ3n) is 2.48. The molecule has 5 nitrogen and oxygen atoms in total. The van der Waals surface area contributed by atoms with E-state index in [1.165, 1.54) is 11.3 Å². The molecule has 7 heteroatoms. The SMILES string of the molecule is CCOc1ccccc1OCC(=O)N/N=C/c1cc(Br)cs1. The average molecular weight is 383 g/mol. The van der Waals surface area contributed by atoms with Gasteiger partial charge in [-0.15, -0.1) is 11.3 Å². The van der Waals surface area contributed by atoms with Crippen molar-refractivity contribution in [2.24, 2.45) is 5.10 Å². The van der Waals surface area contributed by atoms with Gasteiger partial charge in [0.2, 0.25) is 0 Å². The van der Waals surface area contributed by atoms with Crippen molar-refractivity contribution in [3.05, 3.63) is 45.1 Å². The second-order valence-electron chi connectivity index (χ2n) is 4.13. The quantitative estimate of drug-likeness (QED) is 0.589. The predicted molar refractivity (Wildman–Crippen MR) is 90.9 cm³/mol. The number of ether oxygens (including phenoxy) is 2. The van der Waals surface area contributed by atoms with Gasteiger partial charge in [-0.1, -0.05) is 12.1 Å². The van der Waals surface area contributed by atoms with Gasteiger partial charge < -0.3 is 9.47 Å². The number of hydrogen-bond donors (Lipinski definition) is 1. The normalized spacial score (nSPS) is 10.6. The fourth-order valence-electron chi connectivity index (χ4n) is 1.58. The number of nitrogens with zero attached hydrogens (tertiary/aromatic N) is 1. The zero-order valence-electron chi connectivity index (χ0n) is 11.9. The Hall–Kier alpha value is -1.86. The van der Waals surface area contributed by atoms with E-state index in [1.807, 2.05) is 30.5 Å². The molecule has 0 bridgehead atoms. The average Bonchev–Trinajstić information content (AvgIpc) is 2.92. The second kappa shape index (κ2) is 8.55. The lowest BCUT2D eigenvalue weighted by Crippen LogP contribution is -2.24. The second-order valence-corrected chi connectivity index (χ2v) is 5.99. The Morgan fingerprint density at radius 2 is 2.09 bits per heavy atom. The number of hydrogen-bond acceptors (Lipinski definition) is 5. The summed E-state index contributed by atoms with van der Waals surface area (Å²) in [6.07, 6.45) is 1.58. The minimum absolute atomic E-state index is 0.129. The molecule has 2 aromatic rings. The van der Waals surface area contributed by atoms with Crippen LogP contribution in [0, 0.1) is 0 Å². The van der Waals surface area contributed by atoms with Crippen LogP contribution in [-0.4, -0.2) is 25.3 Å². The van der Waals surface area contributed by atoms with Crippen LogP contribution in [0.3, 0.4) is 0 Å². The predicted octanol–water partition coefficient (Wildman–Crippen LogP) is 3.44. The van der Waals surface area contributed by atoms with Crippen LogP contribution in [0.25, 0.3) is 0 Å². The monoisotopic (exact) mass is 382 g/mol. The molecule has 1 heterocycles. The smallest absolute Gasteiger partial charge is 0.277 e. The van der Waals surface area contributed by atoms with E-state index in [-0.39, 0.29) is 12.5 Å². The van der Waals surface area contributed by atoms with E-state index in [0.717, 1.165) is 9.35 Å². The highest BCUT2D eigenvalue weighted by Crippen LogP contribution is 2.26. The molecule has 1 aromatic carbocycles. The molecule has 22 heavy (non-hydrogen) atoms. The number of para-hydroxylation sites is 2. The minimum Gasteiger partial charge on any atom is -0.490 e. The third-order valence-corrected chi connectivity index (χ3v) is 4.10. The lowest BCUT2D eigenvalue weighted by molar-refractivity contribution is -0.123. The molecular weight excluding hydrogens is 368 g/mol. The Bertz CT molecular complexity index is 658. The van der Waals surface area contributed by atoms with Crippen LogP contribution in [0.4, 0.5) is 0 Å². The Morgan fingerprint density at radius 1 is 1.36 bits per heavy atom. The highest BCUT2D eigenvalue weighted by molar-refractivity contribution is 9.10. The molecule has 0 saturated heterocycles. The number of thiophene rings is 1. The van der Waals surface area contributed by atoms with Crippen molar-refractivity contribution in [2.75, 3.05) is 13.2 Å². The molecule has 1 amide bonds. The summed E-state index contributed by atoms with van der Waals surface area (Å²) in [4.78, 5) is 12.6. The van der Waals surface area contributed by atoms with Crippen LogP contribution < -0.4 is 14.9 Å². The highest BCUT2D eigenvalue weighted by atomic mass is 79.9. The first-order valence-corrected chi connectivity index (χ1v) is 8.27. The van der Waals surface area contributed by atoms with Crippen LogP contribution in [0.1, 0.15) is 11.8 Å². The first-order valence-electron chi connectivity index (χ1n) is 6.59. The maximum atomic E-state index is 11.7. The van der Waals surface area contributed by atoms with E-state index < -0.39 is 0 Å². The molecule has 0 aliphatic rings. The first kappa shape index (κ1) is 16.5. The fourth-order valence-corrected chi connectivity index (χ4v) is 2.89. The first-order chi connectivity index (χ1) is 10.7. The maximum Gasteiger partial charge on any atom is 0.277 e. The van der Waals surface area contributed by atoms with E-state index in [4.69, 9.17) is 9.47 Å². The summed E-state index contributed by atoms with van der Waals surface area (Å²) in [6, 6.07) is 9.13. The Balaban J connectivity index is 1.81. The van der Waals surface area contributed by atoms with E-state index in [2.05, 4.69) is 26.5 Å². The largest absolute Gasteiger partial charge is 0.490 e. The van der Waals surface area contributed by atoms with Crippen molar-refractivity contribution in [3.8, 4) is 11.5 Å². The fraction of sp³-hybridized carbons (Fsp3) is 0.200. The molecule has 0 atom stereocenters. The minimum atomic E-state index is -0.335. The molecule has 0 fully saturated rings. The maximum absolute atomic E-state index is 11.7. The summed E-state index contributed by atoms with van der Waals surface area (Å²) in [5.41, 5.74) is 2.42. The molecular formula is C15H15BrN2O3S. The van der Waals surface area contributed by atoms with E-state index in [9.17, 15) is 4.79 Å². The van der Waals surface area contributed by atoms with Gasteiger partial charge in [-0.25, -0.2) is 5.43 Å². The zero-order chi connectivity index (χ0) is 15.8. The number of nitrogens with one attached hydrogen (secondary N) is 1. The van der Waals surface area contributed by atoms with Crippen molar-refractivity contribution in [1.82, 2.24) is 5.43 Å². The van der Waals surface area contributed by atoms with E-state index in [1.54, 1.807) is 18.3 Å². The van der Waals surface area contributed by atoms with Crippen molar-refractivity contribution in [1.29, 1.82) is 0 Å². The number of hydrazone groups is 1. The Morgan fingerprint density at radius 3 is 2.73 bits per heavy atom. The van der Waals surface area contributed by atoms with Crippen LogP contribution >= 0.6 is 27.3 Å². The van der Waals surface area contributed by atoms with Gasteiger partial charge in [-0.05, 0) is 41.1 Å². The summed E-state index contributed by atoms with van der Waals surface area (Å²) in [7, 11) is 0. The van der Waals surface area contributed by atoms with E-state index in [0.29, 0.717) is 18.1 Å². The highest BCUT2D eigenvalue weighted by Gasteiger charge is 2.06. The molecule has 116 valence electrons. The number of amides is 1. The summed E-state index contributed by atoms with van der Waals surface area (Å²) in [5, 5.41) is 5.82. The van der Waals surface area contributed by atoms with Gasteiger partial charge in [0.1, 0.15) is 0 Å². The van der Waals surface area contributed by atoms with Crippen LogP contribution in [-0.2, 0) is 4.79 Å². The zero-order valence-corrected chi connectivity index (χ0v) is 14.3. The number of carbonyl (C=O) groups excluding carboxylic acids is 1. The van der Waals surface area contributed by atoms with Gasteiger partial charge in [0.25, 0.3) is 5.91 Å². The van der Waals surface area contributed by atoms with Crippen LogP contribution in [0.15, 0.2) is 45.3 Å². The molecule has 0 radical (unpaired) electrons. The van der Waals surface area contributed by atoms with E-state index >= 15 is 0 Å². The van der Waals surface area contributed by atoms with Gasteiger partial charge in [0.15, 0.2) is 18.1 Å². The van der Waals surface area contributed by atoms with Gasteiger partial charge in [0, 0.05) is 14.7 Å². The molecule has 0 saturated carbocycles. The molecule has 0 aliphatic carbocycles. The molecule has 2 rings (SSSR count). The number of carbonyl (C=O) groups is 1. The van der Waals surface area contributed by atoms with Gasteiger partial charge >= 0.3 is 0 Å². The lowest BCUT2D eigenvalue weighted by atomic mass is 10.3. The number of rotatable bonds is 7. The molecule has 0 aliphatic heterocycles. The third kappa shape index (κ3) is 5.16. The lowest BCUT2D eigenvalue weighted by Gasteiger charge is -2.10. The van der Waals surface area contributed by atoms with Crippen molar-refractivity contribution in [3.63, 3.8) is 0 Å². The standard InChI is InChI=1S/C15H15BrN2O3S/c1-2-20-13-5-3-4-6-14(13)21-9-15(19)18-17-8-12-7-11(16)10-22-12/h3-8,10H,2,9H2,1H3,(H,18,19)/b17-8+. The molecule has 0 spiro atoms.